The summed E-state index contributed by atoms with van der Waals surface area (Å²) < 4.78 is 11.9. The number of fused-ring (bicyclic) bond motifs is 9. The summed E-state index contributed by atoms with van der Waals surface area (Å²) in [5.74, 6) is 1.56. The largest absolute Gasteiger partial charge is 0.507 e. The minimum Gasteiger partial charge on any atom is -0.507 e. The van der Waals surface area contributed by atoms with Crippen molar-refractivity contribution in [2.45, 2.75) is 82.7 Å². The molecule has 2 bridgehead atoms. The molecule has 2 aromatic rings. The SMILES string of the molecule is Cc1cc2c(c(O)c1C)[C@H]1C3Cc4c(O)c(C)c5c(c4[C@H](CNC(=O)[C@@H]4CCCN4C)N3[C@@H](C#N)[C@H](C2)N1C)OCO5.[Ac]. The van der Waals surface area contributed by atoms with Crippen LogP contribution in [0.5, 0.6) is 23.0 Å². The van der Waals surface area contributed by atoms with Gasteiger partial charge in [-0.15, -0.1) is 0 Å². The first kappa shape index (κ1) is 30.9. The molecule has 3 N–H and O–H groups in total. The fourth-order valence-corrected chi connectivity index (χ4v) is 8.46. The molecule has 2 fully saturated rings. The van der Waals surface area contributed by atoms with Gasteiger partial charge >= 0.3 is 0 Å². The summed E-state index contributed by atoms with van der Waals surface area (Å²) in [6, 6.07) is 3.12. The summed E-state index contributed by atoms with van der Waals surface area (Å²) in [7, 11) is 4.02. The van der Waals surface area contributed by atoms with Gasteiger partial charge < -0.3 is 25.0 Å². The first-order valence-corrected chi connectivity index (χ1v) is 15.0. The molecule has 0 saturated carbocycles. The predicted octanol–water partition coefficient (Wildman–Crippen LogP) is 2.73. The van der Waals surface area contributed by atoms with E-state index >= 15 is 0 Å². The van der Waals surface area contributed by atoms with Crippen molar-refractivity contribution in [2.24, 2.45) is 0 Å². The van der Waals surface area contributed by atoms with E-state index in [4.69, 9.17) is 9.47 Å². The number of benzene rings is 2. The van der Waals surface area contributed by atoms with Gasteiger partial charge in [0.15, 0.2) is 11.5 Å². The molecule has 2 saturated heterocycles. The molecule has 1 radical (unpaired) electrons. The average molecular weight is 801 g/mol. The van der Waals surface area contributed by atoms with Gasteiger partial charge in [-0.05, 0) is 83.8 Å². The molecular formula is C32H39AcN5O5. The summed E-state index contributed by atoms with van der Waals surface area (Å²) in [4.78, 5) is 20.0. The molecule has 225 valence electrons. The minimum atomic E-state index is -0.487. The van der Waals surface area contributed by atoms with E-state index in [-0.39, 0.29) is 93.2 Å². The van der Waals surface area contributed by atoms with Crippen LogP contribution in [0.1, 0.15) is 63.9 Å². The van der Waals surface area contributed by atoms with Crippen LogP contribution < -0.4 is 14.8 Å². The number of nitrogens with zero attached hydrogens (tertiary/aromatic N) is 4. The van der Waals surface area contributed by atoms with E-state index < -0.39 is 12.1 Å². The van der Waals surface area contributed by atoms with E-state index in [0.717, 1.165) is 52.8 Å². The molecule has 7 rings (SSSR count). The van der Waals surface area contributed by atoms with Crippen LogP contribution in [0.25, 0.3) is 0 Å². The third-order valence-corrected chi connectivity index (χ3v) is 10.8. The maximum Gasteiger partial charge on any atom is 0.237 e. The topological polar surface area (TPSA) is 122 Å². The molecule has 5 heterocycles. The number of rotatable bonds is 3. The summed E-state index contributed by atoms with van der Waals surface area (Å²) in [6.45, 7) is 6.99. The van der Waals surface area contributed by atoms with E-state index in [0.29, 0.717) is 35.7 Å². The van der Waals surface area contributed by atoms with Crippen molar-refractivity contribution < 1.29 is 68.5 Å². The number of phenolic OH excluding ortho intramolecular Hbond substituents is 2. The maximum atomic E-state index is 13.4. The number of likely N-dealkylation sites (N-methyl/N-ethyl adjacent to an activating group) is 2. The molecular weight excluding hydrogens is 761 g/mol. The number of carbonyl (C=O) groups excluding carboxylic acids is 1. The van der Waals surface area contributed by atoms with Gasteiger partial charge in [0, 0.05) is 84.9 Å². The summed E-state index contributed by atoms with van der Waals surface area (Å²) >= 11 is 0. The van der Waals surface area contributed by atoms with Gasteiger partial charge in [-0.1, -0.05) is 6.07 Å². The predicted molar refractivity (Wildman–Crippen MR) is 155 cm³/mol. The number of phenols is 2. The molecule has 2 aromatic carbocycles. The van der Waals surface area contributed by atoms with Gasteiger partial charge in [0.2, 0.25) is 12.7 Å². The number of piperazine rings is 1. The number of hydrogen-bond acceptors (Lipinski definition) is 9. The van der Waals surface area contributed by atoms with Crippen molar-refractivity contribution in [3.05, 3.63) is 45.0 Å². The summed E-state index contributed by atoms with van der Waals surface area (Å²) in [6.07, 6.45) is 2.88. The molecule has 11 heteroatoms. The Morgan fingerprint density at radius 3 is 2.51 bits per heavy atom. The Morgan fingerprint density at radius 2 is 1.81 bits per heavy atom. The standard InChI is InChI=1S/C32H39N5O5.Ac/c1-15-9-18-10-21-23(12-33)37-22(27(36(21)5)25(18)29(39)16(15)2)11-19-26(31-30(41-14-42-31)17(3)28(19)38)24(37)13-34-32(40)20-7-6-8-35(20)4;/h9,20-24,27,38-39H,6-8,10-11,13-14H2,1-5H3,(H,34,40);/t20-,21-,22?,23-,24-,27+;/m0./s1. The minimum absolute atomic E-state index is 0. The molecule has 1 amide bonds. The first-order chi connectivity index (χ1) is 20.1. The Hall–Kier alpha value is -2.08. The number of ether oxygens (including phenoxy) is 2. The van der Waals surface area contributed by atoms with Gasteiger partial charge in [0.05, 0.1) is 24.2 Å². The Labute approximate surface area is 288 Å². The van der Waals surface area contributed by atoms with Gasteiger partial charge in [0.25, 0.3) is 0 Å². The van der Waals surface area contributed by atoms with Crippen LogP contribution in [0.15, 0.2) is 6.07 Å². The van der Waals surface area contributed by atoms with E-state index in [1.54, 1.807) is 0 Å². The second-order valence-electron chi connectivity index (χ2n) is 12.7. The molecule has 6 atom stereocenters. The molecule has 5 aliphatic rings. The molecule has 1 unspecified atom stereocenters. The van der Waals surface area contributed by atoms with Crippen molar-refractivity contribution in [3.63, 3.8) is 0 Å². The zero-order valence-corrected chi connectivity index (χ0v) is 30.2. The van der Waals surface area contributed by atoms with Crippen molar-refractivity contribution in [1.29, 1.82) is 5.26 Å². The average Bonchev–Trinajstić information content (AvgIpc) is 3.63. The molecule has 0 aromatic heterocycles. The molecule has 43 heavy (non-hydrogen) atoms. The maximum absolute atomic E-state index is 13.4. The first-order valence-electron chi connectivity index (χ1n) is 15.0. The van der Waals surface area contributed by atoms with Crippen molar-refractivity contribution in [2.75, 3.05) is 34.0 Å². The Morgan fingerprint density at radius 1 is 1.07 bits per heavy atom. The zero-order valence-electron chi connectivity index (χ0n) is 25.5. The van der Waals surface area contributed by atoms with E-state index in [9.17, 15) is 20.3 Å². The molecule has 5 aliphatic heterocycles. The number of carbonyl (C=O) groups is 1. The number of aromatic hydroxyl groups is 2. The van der Waals surface area contributed by atoms with E-state index in [1.807, 2.05) is 34.9 Å². The fourth-order valence-electron chi connectivity index (χ4n) is 8.46. The van der Waals surface area contributed by atoms with Crippen LogP contribution >= 0.6 is 0 Å². The smallest absolute Gasteiger partial charge is 0.237 e. The van der Waals surface area contributed by atoms with E-state index in [1.165, 1.54) is 0 Å². The number of hydrogen-bond donors (Lipinski definition) is 3. The second-order valence-corrected chi connectivity index (χ2v) is 12.7. The van der Waals surface area contributed by atoms with Crippen LogP contribution in [-0.2, 0) is 17.6 Å². The van der Waals surface area contributed by atoms with Gasteiger partial charge in [0.1, 0.15) is 17.5 Å². The monoisotopic (exact) mass is 800 g/mol. The van der Waals surface area contributed by atoms with Crippen LogP contribution in [0.3, 0.4) is 0 Å². The van der Waals surface area contributed by atoms with Crippen LogP contribution in [0.4, 0.5) is 0 Å². The Kier molecular flexibility index (Phi) is 8.18. The molecule has 10 nitrogen and oxygen atoms in total. The Balaban J connectivity index is 0.00000329. The normalized spacial score (nSPS) is 29.2. The third kappa shape index (κ3) is 4.50. The van der Waals surface area contributed by atoms with Crippen LogP contribution in [0, 0.1) is 76.2 Å². The number of nitriles is 1. The second kappa shape index (κ2) is 11.4. The quantitative estimate of drug-likeness (QED) is 0.431. The van der Waals surface area contributed by atoms with Gasteiger partial charge in [-0.25, -0.2) is 0 Å². The summed E-state index contributed by atoms with van der Waals surface area (Å²) in [5, 5.41) is 37.0. The van der Waals surface area contributed by atoms with Crippen LogP contribution in [-0.4, -0.2) is 89.0 Å². The van der Waals surface area contributed by atoms with Crippen molar-refractivity contribution in [1.82, 2.24) is 20.0 Å². The van der Waals surface area contributed by atoms with Crippen molar-refractivity contribution in [3.8, 4) is 29.1 Å². The zero-order chi connectivity index (χ0) is 29.6. The third-order valence-electron chi connectivity index (χ3n) is 10.8. The van der Waals surface area contributed by atoms with Gasteiger partial charge in [-0.2, -0.15) is 5.26 Å². The fraction of sp³-hybridized carbons (Fsp3) is 0.562. The number of nitrogens with one attached hydrogen (secondary N) is 1. The van der Waals surface area contributed by atoms with Crippen molar-refractivity contribution >= 4 is 5.91 Å². The number of likely N-dealkylation sites (tertiary alicyclic amines) is 1. The molecule has 0 spiro atoms. The van der Waals surface area contributed by atoms with E-state index in [2.05, 4.69) is 32.2 Å². The van der Waals surface area contributed by atoms with Crippen LogP contribution in [0.2, 0.25) is 0 Å². The molecule has 0 aliphatic carbocycles. The summed E-state index contributed by atoms with van der Waals surface area (Å²) in [5.41, 5.74) is 6.04. The number of amides is 1. The van der Waals surface area contributed by atoms with Gasteiger partial charge in [-0.3, -0.25) is 19.5 Å². The number of aryl methyl sites for hydroxylation is 1. The Bertz CT molecular complexity index is 1540.